The van der Waals surface area contributed by atoms with Crippen LogP contribution in [0, 0.1) is 0 Å². The molecule has 0 spiro atoms. The Morgan fingerprint density at radius 3 is 0.529 bits per heavy atom. The van der Waals surface area contributed by atoms with Crippen molar-refractivity contribution in [3.05, 3.63) is 0 Å². The van der Waals surface area contributed by atoms with Gasteiger partial charge in [-0.1, -0.05) is 15.1 Å². The molecule has 0 saturated carbocycles. The van der Waals surface area contributed by atoms with Crippen LogP contribution in [0.5, 0.6) is 0 Å². The van der Waals surface area contributed by atoms with Crippen LogP contribution in [-0.2, 0) is 63.9 Å². The zero-order valence-corrected chi connectivity index (χ0v) is 11.0. The van der Waals surface area contributed by atoms with Crippen molar-refractivity contribution in [2.24, 2.45) is 0 Å². The quantitative estimate of drug-likeness (QED) is 0.252. The average molecular weight is 314 g/mol. The molecular formula is NaO15V-5. The maximum atomic E-state index is 8.48. The van der Waals surface area contributed by atoms with Crippen molar-refractivity contribution in [1.82, 2.24) is 0 Å². The molecule has 15 nitrogen and oxygen atoms in total. The van der Waals surface area contributed by atoms with Gasteiger partial charge in [0, 0.05) is 18.6 Å². The minimum atomic E-state index is 0. The summed E-state index contributed by atoms with van der Waals surface area (Å²) in [7, 11) is 0. The fourth-order valence-electron chi connectivity index (χ4n) is 0.0340. The van der Waals surface area contributed by atoms with Gasteiger partial charge in [-0.05, 0) is 0 Å². The van der Waals surface area contributed by atoms with Gasteiger partial charge in [0.15, 0.2) is 0 Å². The van der Waals surface area contributed by atoms with E-state index in [0.29, 0.717) is 0 Å². The van der Waals surface area contributed by atoms with E-state index in [2.05, 4.69) is 45.3 Å². The zero-order valence-electron chi connectivity index (χ0n) is 7.57. The van der Waals surface area contributed by atoms with Crippen LogP contribution in [0.2, 0.25) is 0 Å². The van der Waals surface area contributed by atoms with Gasteiger partial charge in [-0.15, -0.1) is 0 Å². The Morgan fingerprint density at radius 2 is 0.529 bits per heavy atom. The molecule has 0 aromatic heterocycles. The van der Waals surface area contributed by atoms with E-state index in [1.54, 1.807) is 0 Å². The van der Waals surface area contributed by atoms with E-state index >= 15 is 0 Å². The summed E-state index contributed by atoms with van der Waals surface area (Å²) in [6.45, 7) is 0. The molecule has 17 heavy (non-hydrogen) atoms. The van der Waals surface area contributed by atoms with Crippen LogP contribution in [0.1, 0.15) is 0 Å². The molecule has 0 N–H and O–H groups in total. The first kappa shape index (κ1) is 30.8. The van der Waals surface area contributed by atoms with Crippen LogP contribution < -0.4 is 61.1 Å². The first-order chi connectivity index (χ1) is 7.24. The molecule has 17 heteroatoms. The van der Waals surface area contributed by atoms with Gasteiger partial charge in [0.05, 0.1) is 0 Å². The van der Waals surface area contributed by atoms with E-state index in [1.807, 2.05) is 0 Å². The SMILES string of the molecule is [Na+].[O-]OOO[O-].[O-]OOO[O-].[O-]OOO[O-].[V]. The van der Waals surface area contributed by atoms with Gasteiger partial charge in [0.2, 0.25) is 0 Å². The molecule has 0 unspecified atom stereocenters. The summed E-state index contributed by atoms with van der Waals surface area (Å²) >= 11 is 0. The number of rotatable bonds is 6. The van der Waals surface area contributed by atoms with Crippen molar-refractivity contribution in [1.29, 1.82) is 0 Å². The van der Waals surface area contributed by atoms with Crippen LogP contribution in [-0.4, -0.2) is 0 Å². The van der Waals surface area contributed by atoms with Gasteiger partial charge < -0.3 is 31.5 Å². The van der Waals surface area contributed by atoms with Gasteiger partial charge in [-0.2, -0.15) is 0 Å². The predicted octanol–water partition coefficient (Wildman–Crippen LogP) is -10.7. The molecule has 0 aliphatic rings. The van der Waals surface area contributed by atoms with Crippen LogP contribution in [0.25, 0.3) is 0 Å². The Kier molecular flexibility index (Phi) is 78.8. The molecule has 0 aliphatic carbocycles. The maximum Gasteiger partial charge on any atom is 1.00 e. The van der Waals surface area contributed by atoms with Crippen molar-refractivity contribution in [3.63, 3.8) is 0 Å². The summed E-state index contributed by atoms with van der Waals surface area (Å²) in [5.74, 6) is 0. The van der Waals surface area contributed by atoms with E-state index in [4.69, 9.17) is 31.5 Å². The average Bonchev–Trinajstić information content (AvgIpc) is 2.23. The van der Waals surface area contributed by atoms with E-state index in [0.717, 1.165) is 0 Å². The Bertz CT molecular complexity index is 47.7. The molecule has 0 fully saturated rings. The third kappa shape index (κ3) is 78.2. The Morgan fingerprint density at radius 1 is 0.412 bits per heavy atom. The molecule has 0 aromatic rings. The van der Waals surface area contributed by atoms with Gasteiger partial charge in [-0.25, -0.2) is 0 Å². The van der Waals surface area contributed by atoms with Gasteiger partial charge in [-0.3, -0.25) is 30.2 Å². The molecule has 0 amide bonds. The van der Waals surface area contributed by atoms with Gasteiger partial charge in [0.1, 0.15) is 0 Å². The molecule has 1 radical (unpaired) electrons. The van der Waals surface area contributed by atoms with E-state index in [1.165, 1.54) is 0 Å². The van der Waals surface area contributed by atoms with Gasteiger partial charge >= 0.3 is 29.6 Å². The minimum absolute atomic E-state index is 0. The second-order valence-corrected chi connectivity index (χ2v) is 0.612. The van der Waals surface area contributed by atoms with Crippen LogP contribution >= 0.6 is 0 Å². The topological polar surface area (TPSA) is 221 Å². The summed E-state index contributed by atoms with van der Waals surface area (Å²) in [6, 6.07) is 0. The standard InChI is InChI=1S/Na.3H2O5.V/c;3*1-3-5-4-2;/h;3*1-2H;/q+1;;;;/p-6. The molecule has 101 valence electrons. The minimum Gasteiger partial charge on any atom is -0.690 e. The third-order valence-electron chi connectivity index (χ3n) is 0.167. The molecule has 0 aliphatic heterocycles. The zero-order chi connectivity index (χ0) is 12.4. The summed E-state index contributed by atoms with van der Waals surface area (Å²) in [4.78, 5) is 0. The molecule has 0 bridgehead atoms. The van der Waals surface area contributed by atoms with Crippen molar-refractivity contribution >= 4 is 0 Å². The van der Waals surface area contributed by atoms with Crippen molar-refractivity contribution in [2.75, 3.05) is 0 Å². The molecular weight excluding hydrogens is 314 g/mol. The van der Waals surface area contributed by atoms with Gasteiger partial charge in [0.25, 0.3) is 0 Å². The fourth-order valence-corrected chi connectivity index (χ4v) is 0.0340. The van der Waals surface area contributed by atoms with Crippen molar-refractivity contribution in [3.8, 4) is 0 Å². The van der Waals surface area contributed by atoms with E-state index in [9.17, 15) is 0 Å². The molecule has 0 heterocycles. The first-order valence-corrected chi connectivity index (χ1v) is 2.00. The summed E-state index contributed by atoms with van der Waals surface area (Å²) in [5.41, 5.74) is 0. The van der Waals surface area contributed by atoms with Crippen molar-refractivity contribution < 1.29 is 125 Å². The van der Waals surface area contributed by atoms with E-state index < -0.39 is 0 Å². The maximum absolute atomic E-state index is 8.48. The monoisotopic (exact) mass is 314 g/mol. The largest absolute Gasteiger partial charge is 1.00 e. The summed E-state index contributed by atoms with van der Waals surface area (Å²) in [6.07, 6.45) is 0. The second-order valence-electron chi connectivity index (χ2n) is 0.612. The predicted molar refractivity (Wildman–Crippen MR) is 9.77 cm³/mol. The van der Waals surface area contributed by atoms with Crippen molar-refractivity contribution in [2.45, 2.75) is 0 Å². The molecule has 0 saturated heterocycles. The Labute approximate surface area is 125 Å². The normalized spacial score (nSPS) is 7.41. The van der Waals surface area contributed by atoms with Crippen LogP contribution in [0.15, 0.2) is 0 Å². The third-order valence-corrected chi connectivity index (χ3v) is 0.167. The summed E-state index contributed by atoms with van der Waals surface area (Å²) in [5, 5.41) is 73.5. The first-order valence-electron chi connectivity index (χ1n) is 2.00. The fraction of sp³-hybridized carbons (Fsp3) is 0. The molecule has 0 atom stereocenters. The number of hydrogen-bond donors (Lipinski definition) is 0. The Hall–Kier alpha value is 0.984. The number of hydrogen-bond acceptors (Lipinski definition) is 15. The molecule has 0 rings (SSSR count). The van der Waals surface area contributed by atoms with Crippen LogP contribution in [0.4, 0.5) is 0 Å². The van der Waals surface area contributed by atoms with Crippen LogP contribution in [0.3, 0.4) is 0 Å². The molecule has 0 aromatic carbocycles. The summed E-state index contributed by atoms with van der Waals surface area (Å²) < 4.78 is 0. The van der Waals surface area contributed by atoms with E-state index in [-0.39, 0.29) is 48.1 Å². The smallest absolute Gasteiger partial charge is 0.690 e. The Balaban J connectivity index is -0.0000000400. The second kappa shape index (κ2) is 43.5.